The van der Waals surface area contributed by atoms with Gasteiger partial charge in [-0.05, 0) is 0 Å². The lowest BCUT2D eigenvalue weighted by molar-refractivity contribution is -0.140. The fourth-order valence-corrected chi connectivity index (χ4v) is 0.632. The van der Waals surface area contributed by atoms with E-state index in [0.29, 0.717) is 6.73 Å². The molecule has 0 aromatic heterocycles. The first-order valence-corrected chi connectivity index (χ1v) is 4.12. The molecular weight excluding hydrogens is 208 g/mol. The molecule has 8 nitrogen and oxygen atoms in total. The molecule has 0 aliphatic carbocycles. The lowest BCUT2D eigenvalue weighted by Gasteiger charge is -1.96. The predicted molar refractivity (Wildman–Crippen MR) is 48.1 cm³/mol. The Hall–Kier alpha value is -1.22. The van der Waals surface area contributed by atoms with E-state index in [0.717, 1.165) is 0 Å². The van der Waals surface area contributed by atoms with Crippen molar-refractivity contribution in [2.24, 2.45) is 5.73 Å². The molecule has 1 aliphatic rings. The number of aliphatic hydroxyl groups excluding tert-OH is 1. The van der Waals surface area contributed by atoms with Gasteiger partial charge in [0.2, 0.25) is 0 Å². The molecule has 0 spiro atoms. The molecule has 1 rings (SSSR count). The maximum atomic E-state index is 10.1. The van der Waals surface area contributed by atoms with Crippen LogP contribution < -0.4 is 11.1 Å². The second-order valence-corrected chi connectivity index (χ2v) is 2.74. The summed E-state index contributed by atoms with van der Waals surface area (Å²) in [5.74, 6) is -2.02. The highest BCUT2D eigenvalue weighted by molar-refractivity contribution is 5.73. The fourth-order valence-electron chi connectivity index (χ4n) is 0.632. The van der Waals surface area contributed by atoms with E-state index in [1.165, 1.54) is 0 Å². The highest BCUT2D eigenvalue weighted by Gasteiger charge is 2.20. The number of carboxylic acids is 2. The van der Waals surface area contributed by atoms with E-state index < -0.39 is 30.6 Å². The van der Waals surface area contributed by atoms with Crippen LogP contribution in [0.3, 0.4) is 0 Å². The van der Waals surface area contributed by atoms with Crippen molar-refractivity contribution in [3.63, 3.8) is 0 Å². The Morgan fingerprint density at radius 2 is 2.13 bits per heavy atom. The Morgan fingerprint density at radius 3 is 2.27 bits per heavy atom. The van der Waals surface area contributed by atoms with Gasteiger partial charge in [-0.1, -0.05) is 0 Å². The molecule has 0 aromatic rings. The van der Waals surface area contributed by atoms with Crippen LogP contribution in [0.4, 0.5) is 0 Å². The van der Waals surface area contributed by atoms with E-state index in [9.17, 15) is 9.59 Å². The number of ether oxygens (including phenoxy) is 1. The van der Waals surface area contributed by atoms with Crippen molar-refractivity contribution in [1.82, 2.24) is 5.32 Å². The number of rotatable bonds is 3. The van der Waals surface area contributed by atoms with Crippen LogP contribution in [-0.2, 0) is 14.3 Å². The molecule has 15 heavy (non-hydrogen) atoms. The molecule has 1 fully saturated rings. The highest BCUT2D eigenvalue weighted by atomic mass is 16.5. The number of nitrogens with one attached hydrogen (secondary N) is 1. The summed E-state index contributed by atoms with van der Waals surface area (Å²) in [5, 5.41) is 26.8. The van der Waals surface area contributed by atoms with Crippen LogP contribution in [0.25, 0.3) is 0 Å². The first kappa shape index (κ1) is 13.8. The van der Waals surface area contributed by atoms with Crippen molar-refractivity contribution in [3.05, 3.63) is 0 Å². The standard InChI is InChI=1S/C4H7NO3.C3H7NO3/c6-4(7)3-1-8-2-5-3;4-2(1-5)3(6)7/h3,5H,1-2H2,(H,6,7);2,5H,1,4H2,(H,6,7)/t;2-/m.0/s1. The van der Waals surface area contributed by atoms with Gasteiger partial charge in [0.15, 0.2) is 0 Å². The Bertz CT molecular complexity index is 216. The summed E-state index contributed by atoms with van der Waals surface area (Å²) in [4.78, 5) is 19.7. The van der Waals surface area contributed by atoms with E-state index in [2.05, 4.69) is 5.32 Å². The third kappa shape index (κ3) is 5.96. The van der Waals surface area contributed by atoms with Crippen molar-refractivity contribution < 1.29 is 29.6 Å². The average Bonchev–Trinajstić information content (AvgIpc) is 2.70. The Morgan fingerprint density at radius 1 is 1.53 bits per heavy atom. The minimum atomic E-state index is -1.18. The minimum absolute atomic E-state index is 0.287. The maximum Gasteiger partial charge on any atom is 0.323 e. The summed E-state index contributed by atoms with van der Waals surface area (Å²) < 4.78 is 4.73. The second-order valence-electron chi connectivity index (χ2n) is 2.74. The molecule has 1 saturated heterocycles. The smallest absolute Gasteiger partial charge is 0.323 e. The monoisotopic (exact) mass is 222 g/mol. The molecule has 8 heteroatoms. The van der Waals surface area contributed by atoms with Gasteiger partial charge in [-0.2, -0.15) is 0 Å². The summed E-state index contributed by atoms with van der Waals surface area (Å²) in [7, 11) is 0. The quantitative estimate of drug-likeness (QED) is 0.350. The van der Waals surface area contributed by atoms with Gasteiger partial charge in [0.1, 0.15) is 12.1 Å². The molecule has 0 amide bonds. The van der Waals surface area contributed by atoms with Crippen molar-refractivity contribution in [2.45, 2.75) is 12.1 Å². The van der Waals surface area contributed by atoms with Gasteiger partial charge in [0.25, 0.3) is 0 Å². The molecule has 0 aromatic carbocycles. The maximum absolute atomic E-state index is 10.1. The Balaban J connectivity index is 0.000000265. The first-order chi connectivity index (χ1) is 6.99. The van der Waals surface area contributed by atoms with Crippen LogP contribution >= 0.6 is 0 Å². The third-order valence-corrected chi connectivity index (χ3v) is 1.53. The summed E-state index contributed by atoms with van der Waals surface area (Å²) in [6, 6.07) is -1.62. The van der Waals surface area contributed by atoms with Crippen molar-refractivity contribution >= 4 is 11.9 Å². The first-order valence-electron chi connectivity index (χ1n) is 4.12. The van der Waals surface area contributed by atoms with Crippen molar-refractivity contribution in [1.29, 1.82) is 0 Å². The van der Waals surface area contributed by atoms with E-state index in [1.807, 2.05) is 0 Å². The molecule has 6 N–H and O–H groups in total. The molecule has 0 radical (unpaired) electrons. The van der Waals surface area contributed by atoms with Crippen LogP contribution in [-0.4, -0.2) is 59.3 Å². The van der Waals surface area contributed by atoms with Gasteiger partial charge in [-0.3, -0.25) is 14.9 Å². The summed E-state index contributed by atoms with van der Waals surface area (Å²) in [6.45, 7) is 0.141. The minimum Gasteiger partial charge on any atom is -0.480 e. The number of aliphatic hydroxyl groups is 1. The SMILES string of the molecule is N[C@@H](CO)C(=O)O.O=C(O)C1COCN1. The van der Waals surface area contributed by atoms with E-state index in [4.69, 9.17) is 25.8 Å². The predicted octanol–water partition coefficient (Wildman–Crippen LogP) is -2.59. The molecule has 1 heterocycles. The van der Waals surface area contributed by atoms with Crippen LogP contribution in [0.1, 0.15) is 0 Å². The van der Waals surface area contributed by atoms with E-state index in [1.54, 1.807) is 0 Å². The third-order valence-electron chi connectivity index (χ3n) is 1.53. The molecule has 2 atom stereocenters. The molecule has 0 bridgehead atoms. The van der Waals surface area contributed by atoms with Gasteiger partial charge in [-0.25, -0.2) is 0 Å². The summed E-state index contributed by atoms with van der Waals surface area (Å²) >= 11 is 0. The summed E-state index contributed by atoms with van der Waals surface area (Å²) in [5.41, 5.74) is 4.77. The largest absolute Gasteiger partial charge is 0.480 e. The van der Waals surface area contributed by atoms with E-state index in [-0.39, 0.29) is 6.61 Å². The second kappa shape index (κ2) is 7.12. The number of hydrogen-bond donors (Lipinski definition) is 5. The van der Waals surface area contributed by atoms with Crippen LogP contribution in [0.15, 0.2) is 0 Å². The van der Waals surface area contributed by atoms with Gasteiger partial charge in [-0.15, -0.1) is 0 Å². The topological polar surface area (TPSA) is 142 Å². The normalized spacial score (nSPS) is 21.3. The zero-order valence-electron chi connectivity index (χ0n) is 7.92. The lowest BCUT2D eigenvalue weighted by Crippen LogP contribution is -2.33. The molecule has 0 saturated carbocycles. The number of nitrogens with two attached hydrogens (primary N) is 1. The zero-order chi connectivity index (χ0) is 11.8. The van der Waals surface area contributed by atoms with E-state index >= 15 is 0 Å². The number of carbonyl (C=O) groups is 2. The van der Waals surface area contributed by atoms with Crippen molar-refractivity contribution in [3.8, 4) is 0 Å². The highest BCUT2D eigenvalue weighted by Crippen LogP contribution is 1.92. The zero-order valence-corrected chi connectivity index (χ0v) is 7.92. The molecule has 1 aliphatic heterocycles. The van der Waals surface area contributed by atoms with Crippen LogP contribution in [0, 0.1) is 0 Å². The molecule has 1 unspecified atom stereocenters. The lowest BCUT2D eigenvalue weighted by atomic mass is 10.3. The van der Waals surface area contributed by atoms with Crippen molar-refractivity contribution in [2.75, 3.05) is 19.9 Å². The number of hydrogen-bond acceptors (Lipinski definition) is 6. The van der Waals surface area contributed by atoms with Gasteiger partial charge in [0, 0.05) is 0 Å². The number of carboxylic acid groups (broad SMARTS) is 2. The van der Waals surface area contributed by atoms with Gasteiger partial charge in [0.05, 0.1) is 19.9 Å². The number of aliphatic carboxylic acids is 2. The summed E-state index contributed by atoms with van der Waals surface area (Å²) in [6.07, 6.45) is 0. The van der Waals surface area contributed by atoms with Crippen LogP contribution in [0.5, 0.6) is 0 Å². The van der Waals surface area contributed by atoms with Crippen LogP contribution in [0.2, 0.25) is 0 Å². The molecule has 88 valence electrons. The molecular formula is C7H14N2O6. The van der Waals surface area contributed by atoms with Gasteiger partial charge >= 0.3 is 11.9 Å². The Labute approximate surface area is 85.6 Å². The Kier molecular flexibility index (Phi) is 6.54. The fraction of sp³-hybridized carbons (Fsp3) is 0.714. The average molecular weight is 222 g/mol. The van der Waals surface area contributed by atoms with Gasteiger partial charge < -0.3 is 25.8 Å².